The molecule has 11 heteroatoms. The Bertz CT molecular complexity index is 1640. The largest absolute Gasteiger partial charge is 0.376 e. The lowest BCUT2D eigenvalue weighted by Gasteiger charge is -2.14. The third kappa shape index (κ3) is 4.57. The third-order valence-electron chi connectivity index (χ3n) is 6.51. The maximum Gasteiger partial charge on any atom is 0.272 e. The molecule has 5 rings (SSSR count). The number of hydrogen-bond donors (Lipinski definition) is 3. The highest BCUT2D eigenvalue weighted by molar-refractivity contribution is 7.92. The second kappa shape index (κ2) is 9.72. The van der Waals surface area contributed by atoms with Crippen molar-refractivity contribution in [3.05, 3.63) is 76.2 Å². The fraction of sp³-hybridized carbons (Fsp3) is 0.269. The Morgan fingerprint density at radius 3 is 2.76 bits per heavy atom. The van der Waals surface area contributed by atoms with Gasteiger partial charge in [0.1, 0.15) is 6.07 Å². The van der Waals surface area contributed by atoms with E-state index in [9.17, 15) is 18.5 Å². The molecule has 0 fully saturated rings. The Morgan fingerprint density at radius 2 is 2.03 bits per heavy atom. The smallest absolute Gasteiger partial charge is 0.272 e. The maximum atomic E-state index is 13.1. The number of anilines is 1. The number of hydrogen-bond acceptors (Lipinski definition) is 6. The number of aromatic amines is 1. The van der Waals surface area contributed by atoms with E-state index in [2.05, 4.69) is 26.2 Å². The molecular weight excluding hydrogens is 492 g/mol. The molecule has 3 heterocycles. The summed E-state index contributed by atoms with van der Waals surface area (Å²) in [6, 6.07) is 11.9. The van der Waals surface area contributed by atoms with Gasteiger partial charge in [0, 0.05) is 42.4 Å². The molecule has 3 N–H and O–H groups in total. The van der Waals surface area contributed by atoms with Crippen molar-refractivity contribution in [3.63, 3.8) is 0 Å². The van der Waals surface area contributed by atoms with Gasteiger partial charge in [0.05, 0.1) is 34.9 Å². The van der Waals surface area contributed by atoms with Gasteiger partial charge in [-0.15, -0.1) is 0 Å². The Balaban J connectivity index is 1.29. The van der Waals surface area contributed by atoms with E-state index in [4.69, 9.17) is 4.74 Å². The number of aromatic nitrogens is 3. The molecule has 2 aromatic carbocycles. The van der Waals surface area contributed by atoms with Gasteiger partial charge in [0.25, 0.3) is 15.9 Å². The topological polar surface area (TPSA) is 142 Å². The molecule has 37 heavy (non-hydrogen) atoms. The second-order valence-corrected chi connectivity index (χ2v) is 10.5. The number of nitrogens with one attached hydrogen (secondary N) is 3. The van der Waals surface area contributed by atoms with Crippen LogP contribution in [0.3, 0.4) is 0 Å². The minimum absolute atomic E-state index is 0.0799. The summed E-state index contributed by atoms with van der Waals surface area (Å²) < 4.78 is 36.1. The van der Waals surface area contributed by atoms with E-state index in [0.717, 1.165) is 28.8 Å². The zero-order chi connectivity index (χ0) is 26.2. The Labute approximate surface area is 214 Å². The number of nitriles is 1. The highest BCUT2D eigenvalue weighted by Crippen LogP contribution is 2.30. The van der Waals surface area contributed by atoms with E-state index in [0.29, 0.717) is 47.6 Å². The van der Waals surface area contributed by atoms with Gasteiger partial charge in [-0.3, -0.25) is 14.2 Å². The monoisotopic (exact) mass is 518 g/mol. The quantitative estimate of drug-likeness (QED) is 0.342. The lowest BCUT2D eigenvalue weighted by Crippen LogP contribution is -2.25. The van der Waals surface area contributed by atoms with Crippen LogP contribution in [0, 0.1) is 18.3 Å². The standard InChI is InChI=1S/C26H26N6O4S/c1-3-32-22-10-11-36-15-20(22)24(30-32)26(33)29-13-17-5-7-19(8-6-17)37(34,35)31-21-9-4-16(2)23-18(12-27)14-28-25(21)23/h4-9,14,28,31H,3,10-11,13,15H2,1-2H3,(H,29,33). The highest BCUT2D eigenvalue weighted by atomic mass is 32.2. The zero-order valence-corrected chi connectivity index (χ0v) is 21.3. The highest BCUT2D eigenvalue weighted by Gasteiger charge is 2.25. The van der Waals surface area contributed by atoms with Crippen LogP contribution in [0.5, 0.6) is 0 Å². The van der Waals surface area contributed by atoms with Crippen molar-refractivity contribution in [2.24, 2.45) is 0 Å². The fourth-order valence-electron chi connectivity index (χ4n) is 4.60. The van der Waals surface area contributed by atoms with Gasteiger partial charge in [-0.2, -0.15) is 10.4 Å². The molecule has 0 atom stereocenters. The molecule has 0 aliphatic carbocycles. The molecule has 4 aromatic rings. The maximum absolute atomic E-state index is 13.1. The van der Waals surface area contributed by atoms with Crippen molar-refractivity contribution in [2.75, 3.05) is 11.3 Å². The van der Waals surface area contributed by atoms with E-state index in [1.165, 1.54) is 12.1 Å². The molecular formula is C26H26N6O4S. The second-order valence-electron chi connectivity index (χ2n) is 8.82. The summed E-state index contributed by atoms with van der Waals surface area (Å²) in [4.78, 5) is 15.9. The first-order valence-electron chi connectivity index (χ1n) is 11.9. The zero-order valence-electron chi connectivity index (χ0n) is 20.5. The number of amides is 1. The van der Waals surface area contributed by atoms with E-state index < -0.39 is 10.0 Å². The van der Waals surface area contributed by atoms with Crippen molar-refractivity contribution < 1.29 is 17.9 Å². The number of aryl methyl sites for hydroxylation is 2. The van der Waals surface area contributed by atoms with Crippen LogP contribution in [0.2, 0.25) is 0 Å². The normalized spacial score (nSPS) is 13.2. The minimum atomic E-state index is -3.88. The molecule has 10 nitrogen and oxygen atoms in total. The van der Waals surface area contributed by atoms with Gasteiger partial charge in [0.15, 0.2) is 5.69 Å². The van der Waals surface area contributed by atoms with Gasteiger partial charge >= 0.3 is 0 Å². The SMILES string of the molecule is CCn1nc(C(=O)NCc2ccc(S(=O)(=O)Nc3ccc(C)c4c(C#N)c[nH]c34)cc2)c2c1CCOC2. The van der Waals surface area contributed by atoms with E-state index >= 15 is 0 Å². The molecule has 0 radical (unpaired) electrons. The predicted molar refractivity (Wildman–Crippen MR) is 137 cm³/mol. The Hall–Kier alpha value is -4.14. The molecule has 0 spiro atoms. The molecule has 0 unspecified atom stereocenters. The van der Waals surface area contributed by atoms with Crippen LogP contribution in [-0.4, -0.2) is 35.7 Å². The average molecular weight is 519 g/mol. The number of carbonyl (C=O) groups is 1. The number of nitrogens with zero attached hydrogens (tertiary/aromatic N) is 3. The Kier molecular flexibility index (Phi) is 6.45. The summed E-state index contributed by atoms with van der Waals surface area (Å²) in [5.74, 6) is -0.293. The number of fused-ring (bicyclic) bond motifs is 2. The van der Waals surface area contributed by atoms with Crippen molar-refractivity contribution in [1.29, 1.82) is 5.26 Å². The predicted octanol–water partition coefficient (Wildman–Crippen LogP) is 3.37. The van der Waals surface area contributed by atoms with Crippen molar-refractivity contribution in [2.45, 2.75) is 44.9 Å². The van der Waals surface area contributed by atoms with E-state index in [1.54, 1.807) is 30.5 Å². The summed E-state index contributed by atoms with van der Waals surface area (Å²) in [7, 11) is -3.88. The first kappa shape index (κ1) is 24.5. The molecule has 0 saturated heterocycles. The fourth-order valence-corrected chi connectivity index (χ4v) is 5.67. The molecule has 1 amide bonds. The van der Waals surface area contributed by atoms with Crippen LogP contribution >= 0.6 is 0 Å². The number of benzene rings is 2. The summed E-state index contributed by atoms with van der Waals surface area (Å²) in [6.07, 6.45) is 2.29. The number of H-pyrrole nitrogens is 1. The summed E-state index contributed by atoms with van der Waals surface area (Å²) >= 11 is 0. The van der Waals surface area contributed by atoms with Crippen LogP contribution < -0.4 is 10.0 Å². The van der Waals surface area contributed by atoms with Crippen LogP contribution in [0.1, 0.15) is 45.4 Å². The molecule has 0 bridgehead atoms. The minimum Gasteiger partial charge on any atom is -0.376 e. The van der Waals surface area contributed by atoms with Gasteiger partial charge in [-0.25, -0.2) is 8.42 Å². The van der Waals surface area contributed by atoms with Crippen molar-refractivity contribution >= 4 is 32.5 Å². The molecule has 1 aliphatic heterocycles. The number of ether oxygens (including phenoxy) is 1. The summed E-state index contributed by atoms with van der Waals surface area (Å²) in [5.41, 5.74) is 5.21. The summed E-state index contributed by atoms with van der Waals surface area (Å²) in [5, 5.41) is 17.4. The third-order valence-corrected chi connectivity index (χ3v) is 7.89. The van der Waals surface area contributed by atoms with E-state index in [1.807, 2.05) is 18.5 Å². The van der Waals surface area contributed by atoms with E-state index in [-0.39, 0.29) is 17.3 Å². The number of carbonyl (C=O) groups excluding carboxylic acids is 1. The van der Waals surface area contributed by atoms with Gasteiger partial charge in [-0.1, -0.05) is 18.2 Å². The first-order valence-corrected chi connectivity index (χ1v) is 13.4. The van der Waals surface area contributed by atoms with Crippen LogP contribution in [-0.2, 0) is 40.9 Å². The lowest BCUT2D eigenvalue weighted by molar-refractivity contribution is 0.0922. The van der Waals surface area contributed by atoms with Crippen LogP contribution in [0.25, 0.3) is 10.9 Å². The Morgan fingerprint density at radius 1 is 1.24 bits per heavy atom. The van der Waals surface area contributed by atoms with Crippen molar-refractivity contribution in [3.8, 4) is 6.07 Å². The van der Waals surface area contributed by atoms with Crippen molar-refractivity contribution in [1.82, 2.24) is 20.1 Å². The molecule has 190 valence electrons. The molecule has 0 saturated carbocycles. The first-order chi connectivity index (χ1) is 17.8. The van der Waals surface area contributed by atoms with Crippen LogP contribution in [0.4, 0.5) is 5.69 Å². The summed E-state index contributed by atoms with van der Waals surface area (Å²) in [6.45, 7) is 5.73. The lowest BCUT2D eigenvalue weighted by atomic mass is 10.1. The average Bonchev–Trinajstić information content (AvgIpc) is 3.52. The van der Waals surface area contributed by atoms with Crippen LogP contribution in [0.15, 0.2) is 47.5 Å². The van der Waals surface area contributed by atoms with Gasteiger partial charge < -0.3 is 15.0 Å². The number of rotatable bonds is 7. The number of sulfonamides is 1. The molecule has 1 aliphatic rings. The van der Waals surface area contributed by atoms with Gasteiger partial charge in [0.2, 0.25) is 0 Å². The molecule has 2 aromatic heterocycles. The van der Waals surface area contributed by atoms with Gasteiger partial charge in [-0.05, 0) is 43.2 Å².